The molecule has 0 rings (SSSR count). The van der Waals surface area contributed by atoms with Crippen LogP contribution in [0.1, 0.15) is 65.2 Å². The minimum atomic E-state index is -1.11. The summed E-state index contributed by atoms with van der Waals surface area (Å²) in [5.74, 6) is -2.21. The second-order valence-electron chi connectivity index (χ2n) is 5.74. The molecule has 0 saturated heterocycles. The van der Waals surface area contributed by atoms with Gasteiger partial charge in [-0.25, -0.2) is 9.59 Å². The molecule has 0 amide bonds. The van der Waals surface area contributed by atoms with Crippen molar-refractivity contribution in [3.05, 3.63) is 11.1 Å². The molecule has 0 fully saturated rings. The van der Waals surface area contributed by atoms with E-state index >= 15 is 0 Å². The Labute approximate surface area is 134 Å². The first-order valence-electron chi connectivity index (χ1n) is 8.31. The summed E-state index contributed by atoms with van der Waals surface area (Å²) in [6.45, 7) is 6.06. The fourth-order valence-electron chi connectivity index (χ4n) is 2.46. The van der Waals surface area contributed by atoms with Crippen molar-refractivity contribution in [3.63, 3.8) is 0 Å². The van der Waals surface area contributed by atoms with Crippen molar-refractivity contribution >= 4 is 11.9 Å². The van der Waals surface area contributed by atoms with Crippen molar-refractivity contribution in [2.45, 2.75) is 65.2 Å². The van der Waals surface area contributed by atoms with E-state index in [1.807, 2.05) is 0 Å². The highest BCUT2D eigenvalue weighted by Crippen LogP contribution is 2.17. The van der Waals surface area contributed by atoms with Crippen molar-refractivity contribution in [2.24, 2.45) is 0 Å². The average Bonchev–Trinajstić information content (AvgIpc) is 2.46. The Balaban J connectivity index is 4.07. The maximum absolute atomic E-state index is 11.2. The molecule has 128 valence electrons. The van der Waals surface area contributed by atoms with Crippen LogP contribution in [-0.2, 0) is 9.59 Å². The number of aliphatic carboxylic acids is 2. The van der Waals surface area contributed by atoms with E-state index in [1.54, 1.807) is 6.92 Å². The Bertz CT molecular complexity index is 377. The largest absolute Gasteiger partial charge is 0.478 e. The molecule has 0 aliphatic rings. The van der Waals surface area contributed by atoms with E-state index in [0.717, 1.165) is 38.8 Å². The molecule has 0 aliphatic carbocycles. The molecule has 0 saturated carbocycles. The standard InChI is InChI=1S/C17H31NO4/c1-4-6-12-18(3)13-10-8-7-9-11-15(17(21)22)14(5-2)16(19)20/h4-13H2,1-3H3,(H,19,20)(H,21,22)/b15-14+. The summed E-state index contributed by atoms with van der Waals surface area (Å²) >= 11 is 0. The Morgan fingerprint density at radius 1 is 0.818 bits per heavy atom. The highest BCUT2D eigenvalue weighted by Gasteiger charge is 2.17. The van der Waals surface area contributed by atoms with Crippen molar-refractivity contribution in [2.75, 3.05) is 20.1 Å². The molecule has 22 heavy (non-hydrogen) atoms. The molecule has 0 bridgehead atoms. The quantitative estimate of drug-likeness (QED) is 0.401. The Hall–Kier alpha value is -1.36. The van der Waals surface area contributed by atoms with Crippen LogP contribution in [0, 0.1) is 0 Å². The van der Waals surface area contributed by atoms with Gasteiger partial charge in [0.25, 0.3) is 0 Å². The van der Waals surface area contributed by atoms with E-state index in [-0.39, 0.29) is 17.6 Å². The fraction of sp³-hybridized carbons (Fsp3) is 0.765. The van der Waals surface area contributed by atoms with Crippen LogP contribution >= 0.6 is 0 Å². The fourth-order valence-corrected chi connectivity index (χ4v) is 2.46. The zero-order chi connectivity index (χ0) is 17.0. The van der Waals surface area contributed by atoms with Gasteiger partial charge in [0.1, 0.15) is 0 Å². The average molecular weight is 313 g/mol. The molecule has 0 aromatic carbocycles. The zero-order valence-electron chi connectivity index (χ0n) is 14.2. The van der Waals surface area contributed by atoms with E-state index < -0.39 is 11.9 Å². The van der Waals surface area contributed by atoms with Gasteiger partial charge in [0.15, 0.2) is 0 Å². The molecule has 0 atom stereocenters. The SMILES string of the molecule is CCCCN(C)CCCCCC/C(C(=O)O)=C(/CC)C(=O)O. The minimum absolute atomic E-state index is 0.0341. The van der Waals surface area contributed by atoms with E-state index in [0.29, 0.717) is 6.42 Å². The molecular weight excluding hydrogens is 282 g/mol. The lowest BCUT2D eigenvalue weighted by molar-refractivity contribution is -0.136. The normalized spacial score (nSPS) is 12.4. The van der Waals surface area contributed by atoms with Gasteiger partial charge in [0.05, 0.1) is 0 Å². The number of hydrogen-bond acceptors (Lipinski definition) is 3. The van der Waals surface area contributed by atoms with Gasteiger partial charge in [0, 0.05) is 11.1 Å². The molecule has 5 nitrogen and oxygen atoms in total. The van der Waals surface area contributed by atoms with E-state index in [9.17, 15) is 9.59 Å². The van der Waals surface area contributed by atoms with Crippen LogP contribution < -0.4 is 0 Å². The number of hydrogen-bond donors (Lipinski definition) is 2. The maximum Gasteiger partial charge on any atom is 0.332 e. The van der Waals surface area contributed by atoms with E-state index in [4.69, 9.17) is 10.2 Å². The number of unbranched alkanes of at least 4 members (excludes halogenated alkanes) is 4. The molecule has 0 heterocycles. The Kier molecular flexibility index (Phi) is 11.5. The second-order valence-corrected chi connectivity index (χ2v) is 5.74. The lowest BCUT2D eigenvalue weighted by Gasteiger charge is -2.15. The molecule has 2 N–H and O–H groups in total. The van der Waals surface area contributed by atoms with Crippen molar-refractivity contribution in [1.82, 2.24) is 4.90 Å². The summed E-state index contributed by atoms with van der Waals surface area (Å²) in [6, 6.07) is 0. The smallest absolute Gasteiger partial charge is 0.332 e. The van der Waals surface area contributed by atoms with E-state index in [2.05, 4.69) is 18.9 Å². The predicted octanol–water partition coefficient (Wildman–Crippen LogP) is 3.54. The Morgan fingerprint density at radius 2 is 1.36 bits per heavy atom. The van der Waals surface area contributed by atoms with E-state index in [1.165, 1.54) is 12.8 Å². The second kappa shape index (κ2) is 12.2. The van der Waals surface area contributed by atoms with Gasteiger partial charge in [0.2, 0.25) is 0 Å². The van der Waals surface area contributed by atoms with Crippen LogP contribution in [0.4, 0.5) is 0 Å². The first-order chi connectivity index (χ1) is 10.4. The van der Waals surface area contributed by atoms with Gasteiger partial charge >= 0.3 is 11.9 Å². The minimum Gasteiger partial charge on any atom is -0.478 e. The van der Waals surface area contributed by atoms with Gasteiger partial charge in [-0.15, -0.1) is 0 Å². The van der Waals surface area contributed by atoms with Crippen LogP contribution in [-0.4, -0.2) is 47.2 Å². The Morgan fingerprint density at radius 3 is 1.86 bits per heavy atom. The topological polar surface area (TPSA) is 77.8 Å². The van der Waals surface area contributed by atoms with Gasteiger partial charge in [-0.1, -0.05) is 33.1 Å². The maximum atomic E-state index is 11.2. The number of carbonyl (C=O) groups is 2. The summed E-state index contributed by atoms with van der Waals surface area (Å²) in [5.41, 5.74) is 0.0989. The first-order valence-corrected chi connectivity index (χ1v) is 8.31. The molecule has 0 aromatic rings. The van der Waals surface area contributed by atoms with Gasteiger partial charge in [-0.3, -0.25) is 0 Å². The van der Waals surface area contributed by atoms with Crippen LogP contribution in [0.3, 0.4) is 0 Å². The number of carboxylic acid groups (broad SMARTS) is 2. The lowest BCUT2D eigenvalue weighted by Crippen LogP contribution is -2.20. The third-order valence-corrected chi connectivity index (χ3v) is 3.84. The lowest BCUT2D eigenvalue weighted by atomic mass is 9.99. The van der Waals surface area contributed by atoms with Crippen molar-refractivity contribution in [1.29, 1.82) is 0 Å². The number of carboxylic acids is 2. The van der Waals surface area contributed by atoms with Crippen molar-refractivity contribution in [3.8, 4) is 0 Å². The van der Waals surface area contributed by atoms with Gasteiger partial charge < -0.3 is 15.1 Å². The van der Waals surface area contributed by atoms with Crippen LogP contribution in [0.2, 0.25) is 0 Å². The third-order valence-electron chi connectivity index (χ3n) is 3.84. The summed E-state index contributed by atoms with van der Waals surface area (Å²) in [7, 11) is 2.13. The van der Waals surface area contributed by atoms with Crippen LogP contribution in [0.25, 0.3) is 0 Å². The molecule has 0 radical (unpaired) electrons. The van der Waals surface area contributed by atoms with Crippen molar-refractivity contribution < 1.29 is 19.8 Å². The number of nitrogens with zero attached hydrogens (tertiary/aromatic N) is 1. The van der Waals surface area contributed by atoms with Crippen LogP contribution in [0.5, 0.6) is 0 Å². The summed E-state index contributed by atoms with van der Waals surface area (Å²) < 4.78 is 0. The molecule has 5 heteroatoms. The van der Waals surface area contributed by atoms with Gasteiger partial charge in [-0.05, 0) is 52.2 Å². The molecule has 0 spiro atoms. The summed E-state index contributed by atoms with van der Waals surface area (Å²) in [5, 5.41) is 18.2. The summed E-state index contributed by atoms with van der Waals surface area (Å²) in [4.78, 5) is 24.6. The monoisotopic (exact) mass is 313 g/mol. The van der Waals surface area contributed by atoms with Crippen LogP contribution in [0.15, 0.2) is 11.1 Å². The molecule has 0 aliphatic heterocycles. The van der Waals surface area contributed by atoms with Gasteiger partial charge in [-0.2, -0.15) is 0 Å². The highest BCUT2D eigenvalue weighted by molar-refractivity contribution is 5.98. The first kappa shape index (κ1) is 20.6. The highest BCUT2D eigenvalue weighted by atomic mass is 16.4. The third kappa shape index (κ3) is 8.82. The molecule has 0 unspecified atom stereocenters. The predicted molar refractivity (Wildman–Crippen MR) is 88.1 cm³/mol. The zero-order valence-corrected chi connectivity index (χ0v) is 14.2. The molecule has 0 aromatic heterocycles. The summed E-state index contributed by atoms with van der Waals surface area (Å²) in [6.07, 6.45) is 6.85. The number of rotatable bonds is 13. The molecular formula is C17H31NO4.